The molecular formula is C23H24N4O4. The molecule has 0 aromatic heterocycles. The van der Waals surface area contributed by atoms with Gasteiger partial charge in [0.2, 0.25) is 11.8 Å². The number of benzene rings is 2. The van der Waals surface area contributed by atoms with Gasteiger partial charge in [-0.25, -0.2) is 0 Å². The third-order valence-electron chi connectivity index (χ3n) is 5.63. The Bertz CT molecular complexity index is 1060. The maximum Gasteiger partial charge on any atom is 0.255 e. The lowest BCUT2D eigenvalue weighted by molar-refractivity contribution is -0.136. The Morgan fingerprint density at radius 2 is 1.87 bits per heavy atom. The average molecular weight is 420 g/mol. The number of fused-ring (bicyclic) bond motifs is 1. The minimum Gasteiger partial charge on any atom is -0.381 e. The number of amides is 4. The Morgan fingerprint density at radius 1 is 1.13 bits per heavy atom. The van der Waals surface area contributed by atoms with E-state index in [4.69, 9.17) is 0 Å². The van der Waals surface area contributed by atoms with Crippen molar-refractivity contribution in [2.24, 2.45) is 0 Å². The topological polar surface area (TPSA) is 98.8 Å². The van der Waals surface area contributed by atoms with Crippen LogP contribution in [0.3, 0.4) is 0 Å². The van der Waals surface area contributed by atoms with Crippen molar-refractivity contribution < 1.29 is 19.2 Å². The fourth-order valence-corrected chi connectivity index (χ4v) is 3.91. The molecule has 2 aromatic rings. The number of piperidine rings is 1. The van der Waals surface area contributed by atoms with Gasteiger partial charge in [-0.1, -0.05) is 12.1 Å². The molecule has 0 bridgehead atoms. The van der Waals surface area contributed by atoms with Crippen LogP contribution in [0.2, 0.25) is 0 Å². The summed E-state index contributed by atoms with van der Waals surface area (Å²) in [7, 11) is 3.44. The van der Waals surface area contributed by atoms with Gasteiger partial charge in [0.05, 0.1) is 0 Å². The van der Waals surface area contributed by atoms with Crippen LogP contribution in [0.15, 0.2) is 42.5 Å². The number of imide groups is 1. The SMILES string of the molecule is CN(C)C(=O)c1ccc(CNc2ccc3c(c2)CN(C2CCC(=O)NC2=O)C3=O)cc1. The summed E-state index contributed by atoms with van der Waals surface area (Å²) in [6.45, 7) is 0.914. The molecule has 8 nitrogen and oxygen atoms in total. The second-order valence-electron chi connectivity index (χ2n) is 8.02. The van der Waals surface area contributed by atoms with Gasteiger partial charge in [-0.15, -0.1) is 0 Å². The first-order chi connectivity index (χ1) is 14.8. The lowest BCUT2D eigenvalue weighted by Gasteiger charge is -2.29. The third kappa shape index (κ3) is 4.14. The van der Waals surface area contributed by atoms with Crippen LogP contribution in [0.25, 0.3) is 0 Å². The predicted octanol–water partition coefficient (Wildman–Crippen LogP) is 1.76. The normalized spacial score (nSPS) is 17.9. The van der Waals surface area contributed by atoms with E-state index in [-0.39, 0.29) is 24.1 Å². The minimum absolute atomic E-state index is 0.0385. The third-order valence-corrected chi connectivity index (χ3v) is 5.63. The molecule has 1 atom stereocenters. The number of hydrogen-bond acceptors (Lipinski definition) is 5. The molecular weight excluding hydrogens is 396 g/mol. The summed E-state index contributed by atoms with van der Waals surface area (Å²) < 4.78 is 0. The summed E-state index contributed by atoms with van der Waals surface area (Å²) in [4.78, 5) is 51.4. The zero-order valence-electron chi connectivity index (χ0n) is 17.5. The zero-order valence-corrected chi connectivity index (χ0v) is 17.5. The van der Waals surface area contributed by atoms with Gasteiger partial charge < -0.3 is 15.1 Å². The van der Waals surface area contributed by atoms with Crippen LogP contribution >= 0.6 is 0 Å². The standard InChI is InChI=1S/C23H24N4O4/c1-26(2)22(30)15-5-3-14(4-6-15)12-24-17-7-8-18-16(11-17)13-27(23(18)31)19-9-10-20(28)25-21(19)29/h3-8,11,19,24H,9-10,12-13H2,1-2H3,(H,25,28,29). The summed E-state index contributed by atoms with van der Waals surface area (Å²) in [5, 5.41) is 5.65. The maximum atomic E-state index is 12.8. The van der Waals surface area contributed by atoms with Crippen molar-refractivity contribution in [3.63, 3.8) is 0 Å². The molecule has 1 saturated heterocycles. The Hall–Kier alpha value is -3.68. The lowest BCUT2D eigenvalue weighted by atomic mass is 10.0. The molecule has 0 aliphatic carbocycles. The van der Waals surface area contributed by atoms with Gasteiger partial charge in [0.15, 0.2) is 0 Å². The molecule has 2 aliphatic rings. The number of carbonyl (C=O) groups excluding carboxylic acids is 4. The Labute approximate surface area is 180 Å². The van der Waals surface area contributed by atoms with Crippen LogP contribution in [0.5, 0.6) is 0 Å². The molecule has 160 valence electrons. The second kappa shape index (κ2) is 8.22. The van der Waals surface area contributed by atoms with Gasteiger partial charge in [-0.2, -0.15) is 0 Å². The highest BCUT2D eigenvalue weighted by Crippen LogP contribution is 2.29. The monoisotopic (exact) mass is 420 g/mol. The van der Waals surface area contributed by atoms with Crippen molar-refractivity contribution in [1.29, 1.82) is 0 Å². The van der Waals surface area contributed by atoms with Crippen LogP contribution in [-0.2, 0) is 22.7 Å². The molecule has 4 amide bonds. The molecule has 1 unspecified atom stereocenters. The van der Waals surface area contributed by atoms with E-state index < -0.39 is 11.9 Å². The summed E-state index contributed by atoms with van der Waals surface area (Å²) in [6, 6.07) is 12.3. The number of rotatable bonds is 5. The van der Waals surface area contributed by atoms with Crippen molar-refractivity contribution in [1.82, 2.24) is 15.1 Å². The van der Waals surface area contributed by atoms with Gasteiger partial charge in [0, 0.05) is 50.4 Å². The molecule has 1 fully saturated rings. The van der Waals surface area contributed by atoms with Crippen molar-refractivity contribution in [3.8, 4) is 0 Å². The quantitative estimate of drug-likeness (QED) is 0.719. The lowest BCUT2D eigenvalue weighted by Crippen LogP contribution is -2.52. The molecule has 4 rings (SSSR count). The maximum absolute atomic E-state index is 12.8. The Balaban J connectivity index is 1.41. The predicted molar refractivity (Wildman–Crippen MR) is 114 cm³/mol. The Kier molecular flexibility index (Phi) is 5.46. The molecule has 0 spiro atoms. The van der Waals surface area contributed by atoms with Gasteiger partial charge >= 0.3 is 0 Å². The summed E-state index contributed by atoms with van der Waals surface area (Å²) in [5.41, 5.74) is 3.97. The fourth-order valence-electron chi connectivity index (χ4n) is 3.91. The smallest absolute Gasteiger partial charge is 0.255 e. The van der Waals surface area contributed by atoms with E-state index in [9.17, 15) is 19.2 Å². The summed E-state index contributed by atoms with van der Waals surface area (Å²) >= 11 is 0. The van der Waals surface area contributed by atoms with Crippen molar-refractivity contribution in [3.05, 3.63) is 64.7 Å². The van der Waals surface area contributed by atoms with E-state index in [1.165, 1.54) is 9.80 Å². The molecule has 0 saturated carbocycles. The van der Waals surface area contributed by atoms with Crippen LogP contribution in [0.4, 0.5) is 5.69 Å². The van der Waals surface area contributed by atoms with Crippen LogP contribution in [0, 0.1) is 0 Å². The van der Waals surface area contributed by atoms with E-state index in [1.807, 2.05) is 24.3 Å². The van der Waals surface area contributed by atoms with Crippen LogP contribution < -0.4 is 10.6 Å². The number of hydrogen-bond donors (Lipinski definition) is 2. The highest BCUT2D eigenvalue weighted by atomic mass is 16.2. The molecule has 31 heavy (non-hydrogen) atoms. The molecule has 8 heteroatoms. The number of nitrogens with zero attached hydrogens (tertiary/aromatic N) is 2. The first kappa shape index (κ1) is 20.6. The van der Waals surface area contributed by atoms with Crippen molar-refractivity contribution in [2.75, 3.05) is 19.4 Å². The van der Waals surface area contributed by atoms with Gasteiger partial charge in [-0.05, 0) is 47.9 Å². The minimum atomic E-state index is -0.614. The highest BCUT2D eigenvalue weighted by molar-refractivity contribution is 6.05. The first-order valence-corrected chi connectivity index (χ1v) is 10.2. The summed E-state index contributed by atoms with van der Waals surface area (Å²) in [5.74, 6) is -0.927. The van der Waals surface area contributed by atoms with Gasteiger partial charge in [-0.3, -0.25) is 24.5 Å². The molecule has 2 N–H and O–H groups in total. The second-order valence-corrected chi connectivity index (χ2v) is 8.02. The van der Waals surface area contributed by atoms with E-state index in [2.05, 4.69) is 10.6 Å². The van der Waals surface area contributed by atoms with Gasteiger partial charge in [0.1, 0.15) is 6.04 Å². The number of anilines is 1. The van der Waals surface area contributed by atoms with Crippen molar-refractivity contribution in [2.45, 2.75) is 32.0 Å². The zero-order chi connectivity index (χ0) is 22.1. The van der Waals surface area contributed by atoms with E-state index in [1.54, 1.807) is 32.3 Å². The van der Waals surface area contributed by atoms with Gasteiger partial charge in [0.25, 0.3) is 11.8 Å². The fraction of sp³-hybridized carbons (Fsp3) is 0.304. The molecule has 2 aromatic carbocycles. The molecule has 2 heterocycles. The van der Waals surface area contributed by atoms with Crippen LogP contribution in [-0.4, -0.2) is 53.6 Å². The Morgan fingerprint density at radius 3 is 2.55 bits per heavy atom. The molecule has 0 radical (unpaired) electrons. The first-order valence-electron chi connectivity index (χ1n) is 10.2. The van der Waals surface area contributed by atoms with Crippen molar-refractivity contribution >= 4 is 29.3 Å². The number of nitrogens with one attached hydrogen (secondary N) is 2. The number of carbonyl (C=O) groups is 4. The average Bonchev–Trinajstić information content (AvgIpc) is 3.07. The summed E-state index contributed by atoms with van der Waals surface area (Å²) in [6.07, 6.45) is 0.587. The molecule has 2 aliphatic heterocycles. The largest absolute Gasteiger partial charge is 0.381 e. The van der Waals surface area contributed by atoms with E-state index in [0.717, 1.165) is 16.8 Å². The van der Waals surface area contributed by atoms with E-state index >= 15 is 0 Å². The van der Waals surface area contributed by atoms with E-state index in [0.29, 0.717) is 30.6 Å². The van der Waals surface area contributed by atoms with Crippen LogP contribution in [0.1, 0.15) is 44.7 Å². The highest BCUT2D eigenvalue weighted by Gasteiger charge is 2.39.